The van der Waals surface area contributed by atoms with Gasteiger partial charge in [-0.05, 0) is 24.3 Å². The number of carboxylic acids is 1. The van der Waals surface area contributed by atoms with Crippen molar-refractivity contribution in [3.63, 3.8) is 0 Å². The Labute approximate surface area is 144 Å². The van der Waals surface area contributed by atoms with Gasteiger partial charge in [0.25, 0.3) is 5.91 Å². The summed E-state index contributed by atoms with van der Waals surface area (Å²) in [6.07, 6.45) is 1.31. The van der Waals surface area contributed by atoms with E-state index in [2.05, 4.69) is 10.5 Å². The van der Waals surface area contributed by atoms with Gasteiger partial charge < -0.3 is 10.0 Å². The van der Waals surface area contributed by atoms with Gasteiger partial charge in [0, 0.05) is 30.9 Å². The fourth-order valence-corrected chi connectivity index (χ4v) is 2.22. The van der Waals surface area contributed by atoms with Gasteiger partial charge in [0.05, 0.1) is 16.8 Å². The lowest BCUT2D eigenvalue weighted by Gasteiger charge is -2.12. The maximum atomic E-state index is 12.1. The molecule has 0 radical (unpaired) electrons. The van der Waals surface area contributed by atoms with Crippen LogP contribution < -0.4 is 10.3 Å². The predicted molar refractivity (Wildman–Crippen MR) is 94.2 cm³/mol. The minimum Gasteiger partial charge on any atom is -0.478 e. The number of carbonyl (C=O) groups excluding carboxylic acids is 1. The number of hydrogen-bond acceptors (Lipinski definition) is 4. The Bertz CT molecular complexity index is 803. The Morgan fingerprint density at radius 2 is 1.92 bits per heavy atom. The zero-order valence-corrected chi connectivity index (χ0v) is 13.9. The molecule has 2 aromatic carbocycles. The number of nitrogens with one attached hydrogen (secondary N) is 1. The molecule has 2 rings (SSSR count). The highest BCUT2D eigenvalue weighted by atomic mass is 35.5. The van der Waals surface area contributed by atoms with Crippen molar-refractivity contribution in [2.75, 3.05) is 19.0 Å². The molecule has 0 heterocycles. The van der Waals surface area contributed by atoms with E-state index in [9.17, 15) is 9.59 Å². The topological polar surface area (TPSA) is 82.0 Å². The Morgan fingerprint density at radius 3 is 2.58 bits per heavy atom. The van der Waals surface area contributed by atoms with Crippen LogP contribution in [0.5, 0.6) is 0 Å². The first-order valence-electron chi connectivity index (χ1n) is 7.02. The molecule has 0 aromatic heterocycles. The molecule has 2 aromatic rings. The highest BCUT2D eigenvalue weighted by molar-refractivity contribution is 6.35. The van der Waals surface area contributed by atoms with Crippen LogP contribution >= 0.6 is 11.6 Å². The molecule has 24 heavy (non-hydrogen) atoms. The summed E-state index contributed by atoms with van der Waals surface area (Å²) in [6.45, 7) is 0. The van der Waals surface area contributed by atoms with Crippen LogP contribution in [0.2, 0.25) is 5.02 Å². The van der Waals surface area contributed by atoms with Gasteiger partial charge in [-0.25, -0.2) is 10.2 Å². The number of aromatic carboxylic acids is 1. The van der Waals surface area contributed by atoms with Gasteiger partial charge in [0.1, 0.15) is 0 Å². The van der Waals surface area contributed by atoms with Crippen molar-refractivity contribution in [1.82, 2.24) is 5.43 Å². The summed E-state index contributed by atoms with van der Waals surface area (Å²) in [4.78, 5) is 25.0. The minimum absolute atomic E-state index is 0.0226. The molecule has 0 atom stereocenters. The van der Waals surface area contributed by atoms with Crippen LogP contribution in [-0.2, 0) is 0 Å². The van der Waals surface area contributed by atoms with E-state index in [1.807, 2.05) is 25.1 Å². The van der Waals surface area contributed by atoms with E-state index in [4.69, 9.17) is 16.7 Å². The third-order valence-electron chi connectivity index (χ3n) is 3.25. The van der Waals surface area contributed by atoms with Crippen molar-refractivity contribution in [2.24, 2.45) is 5.10 Å². The molecule has 0 saturated heterocycles. The van der Waals surface area contributed by atoms with Crippen LogP contribution in [0, 0.1) is 0 Å². The molecule has 7 heteroatoms. The van der Waals surface area contributed by atoms with Crippen molar-refractivity contribution in [3.8, 4) is 0 Å². The minimum atomic E-state index is -1.13. The molecular weight excluding hydrogens is 330 g/mol. The molecule has 0 fully saturated rings. The second-order valence-corrected chi connectivity index (χ2v) is 5.54. The Morgan fingerprint density at radius 1 is 1.21 bits per heavy atom. The number of carbonyl (C=O) groups is 2. The van der Waals surface area contributed by atoms with E-state index in [0.29, 0.717) is 11.1 Å². The van der Waals surface area contributed by atoms with E-state index < -0.39 is 5.97 Å². The first-order valence-corrected chi connectivity index (χ1v) is 7.40. The van der Waals surface area contributed by atoms with Crippen molar-refractivity contribution < 1.29 is 14.7 Å². The van der Waals surface area contributed by atoms with Gasteiger partial charge in [0.15, 0.2) is 0 Å². The van der Waals surface area contributed by atoms with E-state index >= 15 is 0 Å². The number of halogens is 1. The number of hydrazone groups is 1. The Balaban J connectivity index is 2.12. The fraction of sp³-hybridized carbons (Fsp3) is 0.118. The number of rotatable bonds is 5. The average Bonchev–Trinajstić information content (AvgIpc) is 2.56. The highest BCUT2D eigenvalue weighted by Crippen LogP contribution is 2.19. The quantitative estimate of drug-likeness (QED) is 0.645. The van der Waals surface area contributed by atoms with Crippen LogP contribution in [0.25, 0.3) is 0 Å². The summed E-state index contributed by atoms with van der Waals surface area (Å²) in [5, 5.41) is 12.9. The molecular formula is C17H16ClN3O3. The second kappa shape index (κ2) is 7.61. The number of carboxylic acid groups (broad SMARTS) is 1. The normalized spacial score (nSPS) is 10.6. The Kier molecular flexibility index (Phi) is 5.55. The van der Waals surface area contributed by atoms with Crippen LogP contribution in [-0.4, -0.2) is 37.3 Å². The summed E-state index contributed by atoms with van der Waals surface area (Å²) < 4.78 is 0. The lowest BCUT2D eigenvalue weighted by atomic mass is 10.1. The van der Waals surface area contributed by atoms with Gasteiger partial charge in [-0.3, -0.25) is 4.79 Å². The molecule has 0 spiro atoms. The molecule has 0 aliphatic carbocycles. The molecule has 1 amide bonds. The maximum Gasteiger partial charge on any atom is 0.337 e. The van der Waals surface area contributed by atoms with Crippen LogP contribution in [0.4, 0.5) is 5.69 Å². The van der Waals surface area contributed by atoms with Gasteiger partial charge in [0.2, 0.25) is 0 Å². The zero-order chi connectivity index (χ0) is 17.7. The first-order chi connectivity index (χ1) is 11.4. The van der Waals surface area contributed by atoms with Gasteiger partial charge in [-0.15, -0.1) is 0 Å². The van der Waals surface area contributed by atoms with Crippen LogP contribution in [0.15, 0.2) is 47.6 Å². The maximum absolute atomic E-state index is 12.1. The van der Waals surface area contributed by atoms with Crippen LogP contribution in [0.3, 0.4) is 0 Å². The standard InChI is InChI=1S/C17H16ClN3O3/c1-21(2)13-7-3-5-11(9-13)16(22)20-19-10-12-6-4-8-14(15(12)18)17(23)24/h3-10H,1-2H3,(H,20,22)(H,23,24)/b19-10+. The van der Waals surface area contributed by atoms with E-state index in [1.54, 1.807) is 30.3 Å². The lowest BCUT2D eigenvalue weighted by molar-refractivity contribution is 0.0696. The average molecular weight is 346 g/mol. The second-order valence-electron chi connectivity index (χ2n) is 5.16. The molecule has 2 N–H and O–H groups in total. The SMILES string of the molecule is CN(C)c1cccc(C(=O)N/N=C/c2cccc(C(=O)O)c2Cl)c1. The number of hydrogen-bond donors (Lipinski definition) is 2. The molecule has 124 valence electrons. The largest absolute Gasteiger partial charge is 0.478 e. The molecule has 0 aliphatic rings. The number of nitrogens with zero attached hydrogens (tertiary/aromatic N) is 2. The van der Waals surface area contributed by atoms with Crippen LogP contribution in [0.1, 0.15) is 26.3 Å². The Hall–Kier alpha value is -2.86. The van der Waals surface area contributed by atoms with Gasteiger partial charge >= 0.3 is 5.97 Å². The summed E-state index contributed by atoms with van der Waals surface area (Å²) in [7, 11) is 3.76. The summed E-state index contributed by atoms with van der Waals surface area (Å²) >= 11 is 6.00. The lowest BCUT2D eigenvalue weighted by Crippen LogP contribution is -2.18. The summed E-state index contributed by atoms with van der Waals surface area (Å²) in [6, 6.07) is 11.6. The molecule has 0 bridgehead atoms. The number of benzene rings is 2. The summed E-state index contributed by atoms with van der Waals surface area (Å²) in [5.74, 6) is -1.50. The molecule has 0 aliphatic heterocycles. The third-order valence-corrected chi connectivity index (χ3v) is 3.68. The van der Waals surface area contributed by atoms with Crippen molar-refractivity contribution in [1.29, 1.82) is 0 Å². The van der Waals surface area contributed by atoms with E-state index in [0.717, 1.165) is 5.69 Å². The van der Waals surface area contributed by atoms with E-state index in [1.165, 1.54) is 12.3 Å². The van der Waals surface area contributed by atoms with Gasteiger partial charge in [-0.1, -0.05) is 29.8 Å². The highest BCUT2D eigenvalue weighted by Gasteiger charge is 2.11. The number of amides is 1. The smallest absolute Gasteiger partial charge is 0.337 e. The molecule has 0 saturated carbocycles. The van der Waals surface area contributed by atoms with Crippen molar-refractivity contribution in [2.45, 2.75) is 0 Å². The predicted octanol–water partition coefficient (Wildman–Crippen LogP) is 2.87. The van der Waals surface area contributed by atoms with Crippen molar-refractivity contribution in [3.05, 3.63) is 64.2 Å². The zero-order valence-electron chi connectivity index (χ0n) is 13.2. The third kappa shape index (κ3) is 4.11. The first kappa shape index (κ1) is 17.5. The number of anilines is 1. The summed E-state index contributed by atoms with van der Waals surface area (Å²) in [5.41, 5.74) is 4.13. The molecule has 6 nitrogen and oxygen atoms in total. The monoisotopic (exact) mass is 345 g/mol. The van der Waals surface area contributed by atoms with Gasteiger partial charge in [-0.2, -0.15) is 5.10 Å². The van der Waals surface area contributed by atoms with Crippen molar-refractivity contribution >= 4 is 35.4 Å². The fourth-order valence-electron chi connectivity index (χ4n) is 1.97. The van der Waals surface area contributed by atoms with E-state index in [-0.39, 0.29) is 16.5 Å². The molecule has 0 unspecified atom stereocenters.